The molecule has 0 aromatic carbocycles. The zero-order valence-electron chi connectivity index (χ0n) is 16.3. The summed E-state index contributed by atoms with van der Waals surface area (Å²) in [6.45, 7) is 9.10. The average Bonchev–Trinajstić information content (AvgIpc) is 3.24. The quantitative estimate of drug-likeness (QED) is 0.686. The van der Waals surface area contributed by atoms with Crippen LogP contribution in [-0.2, 0) is 11.3 Å². The van der Waals surface area contributed by atoms with Gasteiger partial charge in [0.15, 0.2) is 0 Å². The molecule has 1 saturated heterocycles. The molecule has 1 fully saturated rings. The van der Waals surface area contributed by atoms with Gasteiger partial charge >= 0.3 is 0 Å². The van der Waals surface area contributed by atoms with Crippen LogP contribution in [0.5, 0.6) is 0 Å². The van der Waals surface area contributed by atoms with Gasteiger partial charge in [-0.1, -0.05) is 6.07 Å². The highest BCUT2D eigenvalue weighted by Gasteiger charge is 2.30. The molecule has 0 radical (unpaired) electrons. The Hall–Kier alpha value is -1.87. The van der Waals surface area contributed by atoms with Crippen LogP contribution in [-0.4, -0.2) is 46.5 Å². The number of hydrogen-bond acceptors (Lipinski definition) is 7. The maximum absolute atomic E-state index is 12.9. The normalized spacial score (nSPS) is 18.1. The third-order valence-corrected chi connectivity index (χ3v) is 6.68. The van der Waals surface area contributed by atoms with Gasteiger partial charge in [-0.05, 0) is 26.8 Å². The number of thiazole rings is 1. The number of ether oxygens (including phenoxy) is 1. The molecule has 0 aliphatic carbocycles. The number of amides is 1. The number of fused-ring (bicyclic) bond motifs is 1. The first-order valence-electron chi connectivity index (χ1n) is 9.45. The average molecular weight is 417 g/mol. The molecule has 0 unspecified atom stereocenters. The zero-order chi connectivity index (χ0) is 19.7. The summed E-state index contributed by atoms with van der Waals surface area (Å²) in [5.41, 5.74) is 0.969. The van der Waals surface area contributed by atoms with Crippen molar-refractivity contribution < 1.29 is 9.53 Å². The molecule has 8 heteroatoms. The summed E-state index contributed by atoms with van der Waals surface area (Å²) in [6, 6.07) is 4.04. The molecule has 0 spiro atoms. The second-order valence-corrected chi connectivity index (χ2v) is 9.59. The van der Waals surface area contributed by atoms with E-state index in [-0.39, 0.29) is 18.1 Å². The first-order chi connectivity index (χ1) is 13.5. The van der Waals surface area contributed by atoms with Crippen LogP contribution in [0.4, 0.5) is 0 Å². The Bertz CT molecular complexity index is 982. The molecule has 0 bridgehead atoms. The number of nitrogens with one attached hydrogen (secondary N) is 1. The van der Waals surface area contributed by atoms with Gasteiger partial charge in [-0.15, -0.1) is 22.7 Å². The van der Waals surface area contributed by atoms with Gasteiger partial charge in [-0.3, -0.25) is 9.69 Å². The molecular formula is C20H24N4O2S2. The number of nitrogens with zero attached hydrogens (tertiary/aromatic N) is 3. The van der Waals surface area contributed by atoms with Gasteiger partial charge in [0.1, 0.15) is 9.71 Å². The van der Waals surface area contributed by atoms with Crippen molar-refractivity contribution in [3.63, 3.8) is 0 Å². The lowest BCUT2D eigenvalue weighted by Gasteiger charge is -2.33. The van der Waals surface area contributed by atoms with Crippen LogP contribution in [0.2, 0.25) is 0 Å². The van der Waals surface area contributed by atoms with Crippen molar-refractivity contribution in [2.75, 3.05) is 19.7 Å². The predicted molar refractivity (Wildman–Crippen MR) is 113 cm³/mol. The van der Waals surface area contributed by atoms with Gasteiger partial charge in [0.05, 0.1) is 17.7 Å². The minimum absolute atomic E-state index is 0.0493. The molecule has 6 nitrogen and oxygen atoms in total. The Balaban J connectivity index is 1.64. The third kappa shape index (κ3) is 4.10. The smallest absolute Gasteiger partial charge is 0.262 e. The van der Waals surface area contributed by atoms with Gasteiger partial charge < -0.3 is 10.1 Å². The predicted octanol–water partition coefficient (Wildman–Crippen LogP) is 3.77. The number of aromatic nitrogens is 2. The number of carbonyl (C=O) groups excluding carboxylic acids is 1. The molecule has 1 aliphatic rings. The molecule has 148 valence electrons. The van der Waals surface area contributed by atoms with Gasteiger partial charge in [0.25, 0.3) is 5.91 Å². The van der Waals surface area contributed by atoms with E-state index in [2.05, 4.69) is 20.2 Å². The van der Waals surface area contributed by atoms with Crippen LogP contribution < -0.4 is 5.32 Å². The van der Waals surface area contributed by atoms with E-state index in [0.29, 0.717) is 11.5 Å². The third-order valence-electron chi connectivity index (χ3n) is 4.65. The van der Waals surface area contributed by atoms with Crippen molar-refractivity contribution in [1.29, 1.82) is 0 Å². The topological polar surface area (TPSA) is 67.4 Å². The van der Waals surface area contributed by atoms with E-state index in [1.165, 1.54) is 16.2 Å². The summed E-state index contributed by atoms with van der Waals surface area (Å²) in [6.07, 6.45) is 3.58. The molecule has 4 heterocycles. The Morgan fingerprint density at radius 2 is 2.25 bits per heavy atom. The number of morpholine rings is 1. The van der Waals surface area contributed by atoms with Crippen molar-refractivity contribution in [3.05, 3.63) is 44.9 Å². The second-order valence-electron chi connectivity index (χ2n) is 7.27. The fourth-order valence-electron chi connectivity index (χ4n) is 3.49. The summed E-state index contributed by atoms with van der Waals surface area (Å²) in [4.78, 5) is 26.9. The summed E-state index contributed by atoms with van der Waals surface area (Å²) >= 11 is 3.18. The van der Waals surface area contributed by atoms with Crippen LogP contribution in [0.15, 0.2) is 24.5 Å². The second kappa shape index (κ2) is 8.24. The number of carbonyl (C=O) groups is 1. The van der Waals surface area contributed by atoms with Crippen LogP contribution in [0, 0.1) is 6.92 Å². The zero-order valence-corrected chi connectivity index (χ0v) is 17.9. The minimum atomic E-state index is -0.145. The molecular weight excluding hydrogens is 392 g/mol. The summed E-state index contributed by atoms with van der Waals surface area (Å²) in [7, 11) is 0. The highest BCUT2D eigenvalue weighted by Crippen LogP contribution is 2.37. The summed E-state index contributed by atoms with van der Waals surface area (Å²) < 4.78 is 6.14. The van der Waals surface area contributed by atoms with E-state index < -0.39 is 0 Å². The standard InChI is InChI=1S/C20H24N4O2S2/c1-12(2)23-19(25)18-17(15-5-4-6-21-20(15)28-18)16-11-24(7-8-26-16)10-14-9-22-13(3)27-14/h4-6,9,12,16H,7-8,10-11H2,1-3H3,(H,23,25)/t16-/m1/s1. The van der Waals surface area contributed by atoms with Crippen LogP contribution in [0.1, 0.15) is 45.1 Å². The van der Waals surface area contributed by atoms with Gasteiger partial charge in [0, 0.05) is 53.9 Å². The van der Waals surface area contributed by atoms with Crippen molar-refractivity contribution >= 4 is 38.8 Å². The Labute approximate surface area is 172 Å². The largest absolute Gasteiger partial charge is 0.371 e. The van der Waals surface area contributed by atoms with Crippen molar-refractivity contribution in [1.82, 2.24) is 20.2 Å². The van der Waals surface area contributed by atoms with Crippen molar-refractivity contribution in [3.8, 4) is 0 Å². The maximum atomic E-state index is 12.9. The van der Waals surface area contributed by atoms with E-state index in [4.69, 9.17) is 4.74 Å². The molecule has 28 heavy (non-hydrogen) atoms. The monoisotopic (exact) mass is 416 g/mol. The first-order valence-corrected chi connectivity index (χ1v) is 11.1. The molecule has 3 aromatic heterocycles. The Morgan fingerprint density at radius 3 is 3.00 bits per heavy atom. The van der Waals surface area contributed by atoms with E-state index in [1.54, 1.807) is 17.5 Å². The van der Waals surface area contributed by atoms with E-state index in [0.717, 1.165) is 40.4 Å². The summed E-state index contributed by atoms with van der Waals surface area (Å²) in [5, 5.41) is 5.12. The van der Waals surface area contributed by atoms with Crippen LogP contribution in [0.3, 0.4) is 0 Å². The lowest BCUT2D eigenvalue weighted by molar-refractivity contribution is -0.0320. The fraction of sp³-hybridized carbons (Fsp3) is 0.450. The summed E-state index contributed by atoms with van der Waals surface area (Å²) in [5.74, 6) is -0.0493. The highest BCUT2D eigenvalue weighted by molar-refractivity contribution is 7.20. The number of aryl methyl sites for hydroxylation is 1. The van der Waals surface area contributed by atoms with Gasteiger partial charge in [0.2, 0.25) is 0 Å². The molecule has 1 N–H and O–H groups in total. The fourth-order valence-corrected chi connectivity index (χ4v) is 5.42. The van der Waals surface area contributed by atoms with E-state index in [1.807, 2.05) is 39.1 Å². The highest BCUT2D eigenvalue weighted by atomic mass is 32.1. The number of hydrogen-bond donors (Lipinski definition) is 1. The minimum Gasteiger partial charge on any atom is -0.371 e. The van der Waals surface area contributed by atoms with E-state index in [9.17, 15) is 4.79 Å². The molecule has 0 saturated carbocycles. The molecule has 1 aliphatic heterocycles. The van der Waals surface area contributed by atoms with Crippen LogP contribution in [0.25, 0.3) is 10.2 Å². The Morgan fingerprint density at radius 1 is 1.39 bits per heavy atom. The molecule has 3 aromatic rings. The van der Waals surface area contributed by atoms with Crippen LogP contribution >= 0.6 is 22.7 Å². The van der Waals surface area contributed by atoms with Crippen molar-refractivity contribution in [2.45, 2.75) is 39.5 Å². The number of pyridine rings is 1. The Kier molecular flexibility index (Phi) is 5.73. The van der Waals surface area contributed by atoms with Gasteiger partial charge in [-0.25, -0.2) is 9.97 Å². The molecule has 1 amide bonds. The lowest BCUT2D eigenvalue weighted by Crippen LogP contribution is -2.38. The SMILES string of the molecule is Cc1ncc(CN2CCO[C@@H](c3c(C(=O)NC(C)C)sc4ncccc34)C2)s1. The number of thiophene rings is 1. The molecule has 1 atom stereocenters. The molecule has 4 rings (SSSR count). The maximum Gasteiger partial charge on any atom is 0.262 e. The van der Waals surface area contributed by atoms with Gasteiger partial charge in [-0.2, -0.15) is 0 Å². The van der Waals surface area contributed by atoms with Crippen molar-refractivity contribution in [2.24, 2.45) is 0 Å². The number of rotatable bonds is 5. The first kappa shape index (κ1) is 19.4. The lowest BCUT2D eigenvalue weighted by atomic mass is 10.0. The van der Waals surface area contributed by atoms with E-state index >= 15 is 0 Å².